The summed E-state index contributed by atoms with van der Waals surface area (Å²) >= 11 is 5.89. The summed E-state index contributed by atoms with van der Waals surface area (Å²) in [5.74, 6) is 0.442. The third-order valence-corrected chi connectivity index (χ3v) is 4.15. The molecule has 25 heavy (non-hydrogen) atoms. The molecule has 0 saturated heterocycles. The monoisotopic (exact) mass is 359 g/mol. The molecule has 0 fully saturated rings. The van der Waals surface area contributed by atoms with E-state index in [2.05, 4.69) is 4.98 Å². The van der Waals surface area contributed by atoms with Crippen molar-refractivity contribution in [2.45, 2.75) is 19.9 Å². The van der Waals surface area contributed by atoms with Crippen LogP contribution in [0.15, 0.2) is 46.1 Å². The molecular formula is C18H18ClN3O3. The van der Waals surface area contributed by atoms with Crippen LogP contribution in [0.3, 0.4) is 0 Å². The quantitative estimate of drug-likeness (QED) is 0.702. The smallest absolute Gasteiger partial charge is 0.332 e. The number of nitrogens with zero attached hydrogens (tertiary/aromatic N) is 3. The summed E-state index contributed by atoms with van der Waals surface area (Å²) in [7, 11) is 1.60. The molecule has 6 nitrogen and oxygen atoms in total. The van der Waals surface area contributed by atoms with Crippen LogP contribution in [0.4, 0.5) is 0 Å². The summed E-state index contributed by atoms with van der Waals surface area (Å²) in [6, 6.07) is 8.68. The maximum atomic E-state index is 13.0. The van der Waals surface area contributed by atoms with E-state index >= 15 is 0 Å². The predicted molar refractivity (Wildman–Crippen MR) is 97.6 cm³/mol. The Morgan fingerprint density at radius 1 is 1.16 bits per heavy atom. The molecular weight excluding hydrogens is 342 g/mol. The van der Waals surface area contributed by atoms with Crippen LogP contribution in [0.5, 0.6) is 5.75 Å². The normalized spacial score (nSPS) is 11.0. The molecule has 0 atom stereocenters. The number of benzene rings is 1. The van der Waals surface area contributed by atoms with Crippen molar-refractivity contribution in [1.82, 2.24) is 14.1 Å². The number of fused-ring (bicyclic) bond motifs is 1. The molecule has 0 aliphatic carbocycles. The van der Waals surface area contributed by atoms with Gasteiger partial charge in [0.15, 0.2) is 5.65 Å². The summed E-state index contributed by atoms with van der Waals surface area (Å²) in [5.41, 5.74) is 0.290. The van der Waals surface area contributed by atoms with Crippen molar-refractivity contribution in [3.8, 4) is 5.75 Å². The van der Waals surface area contributed by atoms with Gasteiger partial charge >= 0.3 is 5.69 Å². The average Bonchev–Trinajstić information content (AvgIpc) is 2.63. The Morgan fingerprint density at radius 2 is 1.88 bits per heavy atom. The zero-order valence-electron chi connectivity index (χ0n) is 14.0. The fourth-order valence-corrected chi connectivity index (χ4v) is 2.75. The van der Waals surface area contributed by atoms with Gasteiger partial charge in [-0.1, -0.05) is 30.7 Å². The second-order valence-corrected chi connectivity index (χ2v) is 6.15. The van der Waals surface area contributed by atoms with Gasteiger partial charge in [-0.05, 0) is 30.2 Å². The Labute approximate surface area is 149 Å². The molecule has 0 radical (unpaired) electrons. The van der Waals surface area contributed by atoms with Gasteiger partial charge in [-0.25, -0.2) is 9.78 Å². The summed E-state index contributed by atoms with van der Waals surface area (Å²) in [4.78, 5) is 29.8. The van der Waals surface area contributed by atoms with Gasteiger partial charge in [0.25, 0.3) is 5.56 Å². The van der Waals surface area contributed by atoms with Gasteiger partial charge in [0.2, 0.25) is 0 Å². The minimum absolute atomic E-state index is 0.153. The molecule has 7 heteroatoms. The Balaban J connectivity index is 2.20. The number of aryl methyl sites for hydroxylation is 1. The molecule has 0 amide bonds. The summed E-state index contributed by atoms with van der Waals surface area (Å²) in [6.07, 6.45) is 2.35. The van der Waals surface area contributed by atoms with E-state index in [0.29, 0.717) is 28.4 Å². The van der Waals surface area contributed by atoms with Crippen molar-refractivity contribution in [3.63, 3.8) is 0 Å². The van der Waals surface area contributed by atoms with E-state index in [1.807, 2.05) is 6.92 Å². The lowest BCUT2D eigenvalue weighted by Crippen LogP contribution is -2.39. The van der Waals surface area contributed by atoms with Gasteiger partial charge < -0.3 is 4.74 Å². The molecule has 0 N–H and O–H groups in total. The molecule has 3 aromatic rings. The number of halogens is 1. The highest BCUT2D eigenvalue weighted by Crippen LogP contribution is 2.19. The Hall–Kier alpha value is -2.60. The Morgan fingerprint density at radius 3 is 2.56 bits per heavy atom. The number of rotatable bonds is 5. The van der Waals surface area contributed by atoms with Crippen LogP contribution in [0.2, 0.25) is 5.02 Å². The standard InChI is InChI=1S/C18H18ClN3O3/c1-3-10-25-14-8-9-20-16-15(14)17(23)22(18(24)21(16)2)11-12-4-6-13(19)7-5-12/h4-9H,3,10-11H2,1-2H3. The topological polar surface area (TPSA) is 66.1 Å². The SMILES string of the molecule is CCCOc1ccnc2c1c(=O)n(Cc1ccc(Cl)cc1)c(=O)n2C. The molecule has 1 aromatic carbocycles. The molecule has 0 saturated carbocycles. The first-order valence-corrected chi connectivity index (χ1v) is 8.36. The number of pyridine rings is 1. The third kappa shape index (κ3) is 3.30. The molecule has 0 spiro atoms. The number of ether oxygens (including phenoxy) is 1. The highest BCUT2D eigenvalue weighted by molar-refractivity contribution is 6.30. The second-order valence-electron chi connectivity index (χ2n) is 5.72. The zero-order valence-corrected chi connectivity index (χ0v) is 14.8. The molecule has 0 aliphatic rings. The fraction of sp³-hybridized carbons (Fsp3) is 0.278. The molecule has 0 aliphatic heterocycles. The van der Waals surface area contributed by atoms with Crippen molar-refractivity contribution in [2.75, 3.05) is 6.61 Å². The lowest BCUT2D eigenvalue weighted by atomic mass is 10.2. The van der Waals surface area contributed by atoms with E-state index in [9.17, 15) is 9.59 Å². The predicted octanol–water partition coefficient (Wildman–Crippen LogP) is 2.59. The first kappa shape index (κ1) is 17.2. The minimum Gasteiger partial charge on any atom is -0.493 e. The fourth-order valence-electron chi connectivity index (χ4n) is 2.63. The maximum Gasteiger partial charge on any atom is 0.332 e. The molecule has 0 bridgehead atoms. The molecule has 3 rings (SSSR count). The summed E-state index contributed by atoms with van der Waals surface area (Å²) in [6.45, 7) is 2.62. The zero-order chi connectivity index (χ0) is 18.0. The number of aromatic nitrogens is 3. The Kier molecular flexibility index (Phi) is 4.90. The lowest BCUT2D eigenvalue weighted by Gasteiger charge is -2.13. The number of hydrogen-bond acceptors (Lipinski definition) is 4. The van der Waals surface area contributed by atoms with E-state index < -0.39 is 11.2 Å². The van der Waals surface area contributed by atoms with Crippen LogP contribution in [0, 0.1) is 0 Å². The van der Waals surface area contributed by atoms with Crippen molar-refractivity contribution < 1.29 is 4.74 Å². The van der Waals surface area contributed by atoms with Gasteiger partial charge in [0.05, 0.1) is 13.2 Å². The molecule has 2 aromatic heterocycles. The van der Waals surface area contributed by atoms with E-state index in [4.69, 9.17) is 16.3 Å². The van der Waals surface area contributed by atoms with Crippen molar-refractivity contribution in [2.24, 2.45) is 7.05 Å². The summed E-state index contributed by atoms with van der Waals surface area (Å²) in [5, 5.41) is 0.911. The van der Waals surface area contributed by atoms with Gasteiger partial charge in [-0.3, -0.25) is 13.9 Å². The van der Waals surface area contributed by atoms with Gasteiger partial charge in [-0.15, -0.1) is 0 Å². The highest BCUT2D eigenvalue weighted by Gasteiger charge is 2.16. The highest BCUT2D eigenvalue weighted by atomic mass is 35.5. The van der Waals surface area contributed by atoms with Crippen LogP contribution in [-0.2, 0) is 13.6 Å². The number of hydrogen-bond donors (Lipinski definition) is 0. The lowest BCUT2D eigenvalue weighted by molar-refractivity contribution is 0.320. The Bertz CT molecular complexity index is 1020. The van der Waals surface area contributed by atoms with Crippen LogP contribution in [0.1, 0.15) is 18.9 Å². The van der Waals surface area contributed by atoms with E-state index in [1.54, 1.807) is 37.4 Å². The van der Waals surface area contributed by atoms with Crippen molar-refractivity contribution >= 4 is 22.6 Å². The van der Waals surface area contributed by atoms with Gasteiger partial charge in [-0.2, -0.15) is 0 Å². The first-order valence-electron chi connectivity index (χ1n) is 7.98. The van der Waals surface area contributed by atoms with Crippen LogP contribution < -0.4 is 16.0 Å². The van der Waals surface area contributed by atoms with Crippen molar-refractivity contribution in [1.29, 1.82) is 0 Å². The molecule has 2 heterocycles. The van der Waals surface area contributed by atoms with E-state index in [-0.39, 0.29) is 6.54 Å². The van der Waals surface area contributed by atoms with Gasteiger partial charge in [0.1, 0.15) is 11.1 Å². The van der Waals surface area contributed by atoms with Crippen molar-refractivity contribution in [3.05, 3.63) is 68.0 Å². The first-order chi connectivity index (χ1) is 12.0. The van der Waals surface area contributed by atoms with E-state index in [1.165, 1.54) is 15.3 Å². The average molecular weight is 360 g/mol. The van der Waals surface area contributed by atoms with Gasteiger partial charge in [0, 0.05) is 18.3 Å². The van der Waals surface area contributed by atoms with E-state index in [0.717, 1.165) is 12.0 Å². The second kappa shape index (κ2) is 7.11. The minimum atomic E-state index is -0.424. The molecule has 130 valence electrons. The largest absolute Gasteiger partial charge is 0.493 e. The maximum absolute atomic E-state index is 13.0. The van der Waals surface area contributed by atoms with Crippen LogP contribution >= 0.6 is 11.6 Å². The summed E-state index contributed by atoms with van der Waals surface area (Å²) < 4.78 is 8.23. The molecule has 0 unspecified atom stereocenters. The van der Waals surface area contributed by atoms with Crippen LogP contribution in [-0.4, -0.2) is 20.7 Å². The third-order valence-electron chi connectivity index (χ3n) is 3.90. The van der Waals surface area contributed by atoms with Crippen LogP contribution in [0.25, 0.3) is 11.0 Å².